The lowest BCUT2D eigenvalue weighted by molar-refractivity contribution is -0.384. The summed E-state index contributed by atoms with van der Waals surface area (Å²) in [5.41, 5.74) is 1.50. The largest absolute Gasteiger partial charge is 0.366 e. The fourth-order valence-electron chi connectivity index (χ4n) is 3.96. The first-order valence-corrected chi connectivity index (χ1v) is 9.85. The Morgan fingerprint density at radius 1 is 1.10 bits per heavy atom. The number of anilines is 2. The van der Waals surface area contributed by atoms with Crippen molar-refractivity contribution in [1.82, 2.24) is 0 Å². The van der Waals surface area contributed by atoms with Gasteiger partial charge in [-0.1, -0.05) is 37.3 Å². The molecule has 1 heterocycles. The van der Waals surface area contributed by atoms with Gasteiger partial charge in [0.15, 0.2) is 0 Å². The molecule has 0 bridgehead atoms. The van der Waals surface area contributed by atoms with Gasteiger partial charge in [-0.25, -0.2) is 0 Å². The molecule has 0 radical (unpaired) electrons. The summed E-state index contributed by atoms with van der Waals surface area (Å²) in [6, 6.07) is 18.3. The maximum Gasteiger partial charge on any atom is 0.293 e. The molecule has 1 amide bonds. The van der Waals surface area contributed by atoms with Crippen molar-refractivity contribution < 1.29 is 9.72 Å². The number of hydrogen-bond donors (Lipinski definition) is 1. The number of nitro groups is 1. The predicted molar refractivity (Wildman–Crippen MR) is 116 cm³/mol. The highest BCUT2D eigenvalue weighted by molar-refractivity contribution is 6.06. The molecule has 6 heteroatoms. The Kier molecular flexibility index (Phi) is 5.16. The van der Waals surface area contributed by atoms with Crippen molar-refractivity contribution in [3.63, 3.8) is 0 Å². The molecule has 29 heavy (non-hydrogen) atoms. The Bertz CT molecular complexity index is 1080. The monoisotopic (exact) mass is 389 g/mol. The summed E-state index contributed by atoms with van der Waals surface area (Å²) in [6.07, 6.45) is 2.15. The molecular weight excluding hydrogens is 366 g/mol. The third-order valence-corrected chi connectivity index (χ3v) is 5.44. The van der Waals surface area contributed by atoms with Crippen LogP contribution in [0.25, 0.3) is 10.8 Å². The summed E-state index contributed by atoms with van der Waals surface area (Å²) in [6.45, 7) is 3.75. The van der Waals surface area contributed by atoms with Crippen LogP contribution in [0.5, 0.6) is 0 Å². The van der Waals surface area contributed by atoms with Gasteiger partial charge in [0, 0.05) is 30.4 Å². The lowest BCUT2D eigenvalue weighted by Crippen LogP contribution is -2.34. The van der Waals surface area contributed by atoms with Gasteiger partial charge in [-0.3, -0.25) is 14.9 Å². The smallest absolute Gasteiger partial charge is 0.293 e. The minimum atomic E-state index is -0.401. The summed E-state index contributed by atoms with van der Waals surface area (Å²) in [4.78, 5) is 26.0. The highest BCUT2D eigenvalue weighted by Crippen LogP contribution is 2.32. The van der Waals surface area contributed by atoms with Gasteiger partial charge < -0.3 is 10.2 Å². The molecule has 0 spiro atoms. The van der Waals surface area contributed by atoms with Crippen LogP contribution in [0.2, 0.25) is 0 Å². The zero-order chi connectivity index (χ0) is 20.4. The molecule has 3 aromatic rings. The average molecular weight is 389 g/mol. The van der Waals surface area contributed by atoms with E-state index in [1.165, 1.54) is 6.07 Å². The lowest BCUT2D eigenvalue weighted by atomic mass is 9.99. The Morgan fingerprint density at radius 2 is 1.90 bits per heavy atom. The summed E-state index contributed by atoms with van der Waals surface area (Å²) in [7, 11) is 0. The van der Waals surface area contributed by atoms with Crippen LogP contribution >= 0.6 is 0 Å². The number of carbonyl (C=O) groups excluding carboxylic acids is 1. The number of hydrogen-bond acceptors (Lipinski definition) is 4. The van der Waals surface area contributed by atoms with E-state index in [0.717, 1.165) is 36.7 Å². The second kappa shape index (κ2) is 7.91. The molecule has 1 unspecified atom stereocenters. The maximum atomic E-state index is 12.7. The summed E-state index contributed by atoms with van der Waals surface area (Å²) in [5.74, 6) is 0.140. The molecule has 1 aliphatic heterocycles. The van der Waals surface area contributed by atoms with E-state index in [9.17, 15) is 14.9 Å². The maximum absolute atomic E-state index is 12.7. The molecule has 1 fully saturated rings. The average Bonchev–Trinajstić information content (AvgIpc) is 2.73. The van der Waals surface area contributed by atoms with Crippen LogP contribution in [-0.4, -0.2) is 23.9 Å². The fraction of sp³-hybridized carbons (Fsp3) is 0.261. The molecule has 6 nitrogen and oxygen atoms in total. The normalized spacial score (nSPS) is 16.6. The van der Waals surface area contributed by atoms with Crippen molar-refractivity contribution in [2.45, 2.75) is 19.8 Å². The minimum Gasteiger partial charge on any atom is -0.366 e. The van der Waals surface area contributed by atoms with Crippen molar-refractivity contribution in [2.24, 2.45) is 5.92 Å². The van der Waals surface area contributed by atoms with Gasteiger partial charge >= 0.3 is 0 Å². The van der Waals surface area contributed by atoms with Gasteiger partial charge in [0.2, 0.25) is 0 Å². The number of nitro benzene ring substituents is 1. The standard InChI is InChI=1S/C23H23N3O3/c1-16-5-4-12-25(15-16)21-11-9-19(14-22(21)26(28)29)23(27)24-20-10-8-17-6-2-3-7-18(17)13-20/h2-3,6-11,13-14,16H,4-5,12,15H2,1H3,(H,24,27). The van der Waals surface area contributed by atoms with Crippen molar-refractivity contribution >= 4 is 33.7 Å². The Morgan fingerprint density at radius 3 is 2.66 bits per heavy atom. The Hall–Kier alpha value is -3.41. The molecule has 0 aromatic heterocycles. The molecule has 0 saturated carbocycles. The van der Waals surface area contributed by atoms with Crippen molar-refractivity contribution in [3.8, 4) is 0 Å². The molecule has 0 aliphatic carbocycles. The molecule has 1 atom stereocenters. The van der Waals surface area contributed by atoms with E-state index in [1.54, 1.807) is 12.1 Å². The van der Waals surface area contributed by atoms with E-state index < -0.39 is 4.92 Å². The van der Waals surface area contributed by atoms with Crippen molar-refractivity contribution in [1.29, 1.82) is 0 Å². The van der Waals surface area contributed by atoms with Crippen LogP contribution in [0.4, 0.5) is 17.1 Å². The second-order valence-electron chi connectivity index (χ2n) is 7.67. The van der Waals surface area contributed by atoms with Crippen LogP contribution in [0.1, 0.15) is 30.1 Å². The van der Waals surface area contributed by atoms with Crippen LogP contribution in [-0.2, 0) is 0 Å². The number of amides is 1. The number of piperidine rings is 1. The van der Waals surface area contributed by atoms with Crippen LogP contribution in [0.3, 0.4) is 0 Å². The number of nitrogens with one attached hydrogen (secondary N) is 1. The van der Waals surface area contributed by atoms with E-state index in [4.69, 9.17) is 0 Å². The number of nitrogens with zero attached hydrogens (tertiary/aromatic N) is 2. The topological polar surface area (TPSA) is 75.5 Å². The third kappa shape index (κ3) is 4.06. The molecule has 1 N–H and O–H groups in total. The first-order chi connectivity index (χ1) is 14.0. The van der Waals surface area contributed by atoms with Crippen LogP contribution in [0, 0.1) is 16.0 Å². The zero-order valence-corrected chi connectivity index (χ0v) is 16.3. The third-order valence-electron chi connectivity index (χ3n) is 5.44. The lowest BCUT2D eigenvalue weighted by Gasteiger charge is -2.32. The number of benzene rings is 3. The van der Waals surface area contributed by atoms with Crippen molar-refractivity contribution in [2.75, 3.05) is 23.3 Å². The molecule has 148 valence electrons. The highest BCUT2D eigenvalue weighted by atomic mass is 16.6. The van der Waals surface area contributed by atoms with Crippen LogP contribution in [0.15, 0.2) is 60.7 Å². The Balaban J connectivity index is 1.59. The van der Waals surface area contributed by atoms with E-state index in [0.29, 0.717) is 17.3 Å². The molecule has 4 rings (SSSR count). The molecule has 3 aromatic carbocycles. The highest BCUT2D eigenvalue weighted by Gasteiger charge is 2.25. The van der Waals surface area contributed by atoms with Gasteiger partial charge in [-0.15, -0.1) is 0 Å². The predicted octanol–water partition coefficient (Wildman–Crippen LogP) is 5.24. The van der Waals surface area contributed by atoms with Gasteiger partial charge in [0.1, 0.15) is 5.69 Å². The SMILES string of the molecule is CC1CCCN(c2ccc(C(=O)Nc3ccc4ccccc4c3)cc2[N+](=O)[O-])C1. The summed E-state index contributed by atoms with van der Waals surface area (Å²) in [5, 5.41) is 16.6. The summed E-state index contributed by atoms with van der Waals surface area (Å²) >= 11 is 0. The van der Waals surface area contributed by atoms with E-state index >= 15 is 0 Å². The fourth-order valence-corrected chi connectivity index (χ4v) is 3.96. The second-order valence-corrected chi connectivity index (χ2v) is 7.67. The minimum absolute atomic E-state index is 0.0229. The number of carbonyl (C=O) groups is 1. The van der Waals surface area contributed by atoms with Gasteiger partial charge in [0.25, 0.3) is 11.6 Å². The number of fused-ring (bicyclic) bond motifs is 1. The van der Waals surface area contributed by atoms with Gasteiger partial charge in [0.05, 0.1) is 4.92 Å². The Labute approximate surface area is 169 Å². The van der Waals surface area contributed by atoms with E-state index in [2.05, 4.69) is 17.1 Å². The molecule has 1 aliphatic rings. The molecular formula is C23H23N3O3. The van der Waals surface area contributed by atoms with Gasteiger partial charge in [-0.05, 0) is 53.8 Å². The quantitative estimate of drug-likeness (QED) is 0.489. The van der Waals surface area contributed by atoms with Crippen LogP contribution < -0.4 is 10.2 Å². The van der Waals surface area contributed by atoms with E-state index in [-0.39, 0.29) is 17.2 Å². The van der Waals surface area contributed by atoms with Gasteiger partial charge in [-0.2, -0.15) is 0 Å². The summed E-state index contributed by atoms with van der Waals surface area (Å²) < 4.78 is 0. The zero-order valence-electron chi connectivity index (χ0n) is 16.3. The first-order valence-electron chi connectivity index (χ1n) is 9.85. The number of rotatable bonds is 4. The van der Waals surface area contributed by atoms with Crippen molar-refractivity contribution in [3.05, 3.63) is 76.3 Å². The van der Waals surface area contributed by atoms with E-state index in [1.807, 2.05) is 42.5 Å². The first kappa shape index (κ1) is 18.9. The molecule has 1 saturated heterocycles.